The molecule has 1 nitrogen and oxygen atoms in total. The lowest BCUT2D eigenvalue weighted by molar-refractivity contribution is 0.669. The van der Waals surface area contributed by atoms with E-state index in [9.17, 15) is 0 Å². The predicted molar refractivity (Wildman–Crippen MR) is 67.9 cm³/mol. The number of rotatable bonds is 0. The maximum Gasteiger partial charge on any atom is 0.0209 e. The maximum atomic E-state index is 2.56. The van der Waals surface area contributed by atoms with E-state index in [1.807, 2.05) is 0 Å². The highest BCUT2D eigenvalue weighted by Gasteiger charge is 2.22. The molecule has 0 saturated carbocycles. The summed E-state index contributed by atoms with van der Waals surface area (Å²) in [4.78, 5) is 0. The van der Waals surface area contributed by atoms with Crippen LogP contribution in [-0.4, -0.2) is 4.57 Å². The quantitative estimate of drug-likeness (QED) is 0.586. The molecule has 0 radical (unpaired) electrons. The Balaban J connectivity index is 2.09. The van der Waals surface area contributed by atoms with Crippen molar-refractivity contribution in [3.05, 3.63) is 22.5 Å². The molecule has 1 aromatic rings. The molecule has 0 unspecified atom stereocenters. The van der Waals surface area contributed by atoms with Crippen LogP contribution >= 0.6 is 0 Å². The molecule has 3 rings (SSSR count). The summed E-state index contributed by atoms with van der Waals surface area (Å²) in [5.74, 6) is 0. The highest BCUT2D eigenvalue weighted by Crippen LogP contribution is 2.32. The molecule has 0 saturated heterocycles. The molecule has 0 fully saturated rings. The number of aromatic nitrogens is 1. The second kappa shape index (κ2) is 4.27. The van der Waals surface area contributed by atoms with Crippen LogP contribution in [0.5, 0.6) is 0 Å². The molecule has 88 valence electrons. The average molecular weight is 217 g/mol. The molecule has 0 aromatic carbocycles. The van der Waals surface area contributed by atoms with E-state index >= 15 is 0 Å². The molecule has 1 heteroatoms. The van der Waals surface area contributed by atoms with Gasteiger partial charge in [-0.2, -0.15) is 0 Å². The fourth-order valence-electron chi connectivity index (χ4n) is 3.69. The number of fused-ring (bicyclic) bond motifs is 3. The van der Waals surface area contributed by atoms with Crippen molar-refractivity contribution < 1.29 is 0 Å². The third-order valence-electron chi connectivity index (χ3n) is 4.55. The van der Waals surface area contributed by atoms with E-state index < -0.39 is 0 Å². The molecule has 2 aliphatic rings. The van der Waals surface area contributed by atoms with Gasteiger partial charge in [-0.25, -0.2) is 0 Å². The molecule has 0 N–H and O–H groups in total. The lowest BCUT2D eigenvalue weighted by atomic mass is 10.0. The molecule has 0 atom stereocenters. The van der Waals surface area contributed by atoms with Gasteiger partial charge in [0.25, 0.3) is 0 Å². The first-order valence-electron chi connectivity index (χ1n) is 7.06. The van der Waals surface area contributed by atoms with Crippen LogP contribution in [0.2, 0.25) is 0 Å². The molecule has 1 heterocycles. The third kappa shape index (κ3) is 1.61. The molecule has 0 spiro atoms. The predicted octanol–water partition coefficient (Wildman–Crippen LogP) is 3.56. The van der Waals surface area contributed by atoms with E-state index in [-0.39, 0.29) is 0 Å². The monoisotopic (exact) mass is 217 g/mol. The number of nitrogens with zero attached hydrogens (tertiary/aromatic N) is 1. The van der Waals surface area contributed by atoms with E-state index in [4.69, 9.17) is 0 Å². The summed E-state index contributed by atoms with van der Waals surface area (Å²) < 4.78 is 2.56. The first-order valence-corrected chi connectivity index (χ1v) is 7.06. The van der Waals surface area contributed by atoms with Crippen molar-refractivity contribution in [1.82, 2.24) is 4.57 Å². The van der Waals surface area contributed by atoms with Crippen molar-refractivity contribution in [3.8, 4) is 0 Å². The van der Waals surface area contributed by atoms with Crippen LogP contribution in [-0.2, 0) is 32.7 Å². The first-order chi connectivity index (χ1) is 7.88. The zero-order chi connectivity index (χ0) is 11.0. The van der Waals surface area contributed by atoms with Crippen LogP contribution in [0, 0.1) is 0 Å². The van der Waals surface area contributed by atoms with Gasteiger partial charge in [0.1, 0.15) is 0 Å². The Morgan fingerprint density at radius 1 is 0.625 bits per heavy atom. The Hall–Kier alpha value is -0.720. The van der Waals surface area contributed by atoms with Gasteiger partial charge in [-0.1, -0.05) is 12.8 Å². The van der Waals surface area contributed by atoms with Gasteiger partial charge in [-0.15, -0.1) is 0 Å². The van der Waals surface area contributed by atoms with E-state index in [2.05, 4.69) is 11.6 Å². The second-order valence-electron chi connectivity index (χ2n) is 5.53. The summed E-state index contributed by atoms with van der Waals surface area (Å²) >= 11 is 0. The lowest BCUT2D eigenvalue weighted by Crippen LogP contribution is -2.01. The van der Waals surface area contributed by atoms with Crippen molar-refractivity contribution in [1.29, 1.82) is 0 Å². The lowest BCUT2D eigenvalue weighted by Gasteiger charge is -2.06. The summed E-state index contributed by atoms with van der Waals surface area (Å²) in [5, 5.41) is 0. The van der Waals surface area contributed by atoms with E-state index in [1.54, 1.807) is 22.5 Å². The smallest absolute Gasteiger partial charge is 0.0209 e. The standard InChI is InChI=1S/C15H23N/c1-16-14-10-6-2-4-8-12(14)13-9-5-3-7-11-15(13)16/h2-11H2,1H3. The Morgan fingerprint density at radius 3 is 1.56 bits per heavy atom. The number of hydrogen-bond donors (Lipinski definition) is 0. The van der Waals surface area contributed by atoms with Crippen molar-refractivity contribution in [2.45, 2.75) is 64.2 Å². The normalized spacial score (nSPS) is 20.8. The molecule has 2 aliphatic carbocycles. The molecule has 16 heavy (non-hydrogen) atoms. The highest BCUT2D eigenvalue weighted by atomic mass is 15.0. The van der Waals surface area contributed by atoms with E-state index in [0.717, 1.165) is 0 Å². The fourth-order valence-corrected chi connectivity index (χ4v) is 3.69. The van der Waals surface area contributed by atoms with Crippen LogP contribution in [0.4, 0.5) is 0 Å². The topological polar surface area (TPSA) is 4.93 Å². The van der Waals surface area contributed by atoms with Crippen molar-refractivity contribution in [3.63, 3.8) is 0 Å². The summed E-state index contributed by atoms with van der Waals surface area (Å²) in [6.45, 7) is 0. The van der Waals surface area contributed by atoms with Crippen LogP contribution in [0.25, 0.3) is 0 Å². The first kappa shape index (κ1) is 10.4. The van der Waals surface area contributed by atoms with Gasteiger partial charge in [0.15, 0.2) is 0 Å². The minimum Gasteiger partial charge on any atom is -0.351 e. The zero-order valence-electron chi connectivity index (χ0n) is 10.5. The molecule has 0 bridgehead atoms. The van der Waals surface area contributed by atoms with Crippen LogP contribution in [0.15, 0.2) is 0 Å². The minimum absolute atomic E-state index is 1.33. The highest BCUT2D eigenvalue weighted by molar-refractivity contribution is 5.40. The zero-order valence-corrected chi connectivity index (χ0v) is 10.5. The Morgan fingerprint density at radius 2 is 1.06 bits per heavy atom. The molecule has 0 amide bonds. The summed E-state index contributed by atoms with van der Waals surface area (Å²) in [6, 6.07) is 0. The molecular formula is C15H23N. The Kier molecular flexibility index (Phi) is 2.79. The van der Waals surface area contributed by atoms with Gasteiger partial charge in [0, 0.05) is 18.4 Å². The van der Waals surface area contributed by atoms with Crippen molar-refractivity contribution in [2.75, 3.05) is 0 Å². The van der Waals surface area contributed by atoms with Crippen LogP contribution < -0.4 is 0 Å². The Labute approximate surface area is 98.9 Å². The average Bonchev–Trinajstić information content (AvgIpc) is 2.60. The maximum absolute atomic E-state index is 2.56. The van der Waals surface area contributed by atoms with Crippen molar-refractivity contribution >= 4 is 0 Å². The van der Waals surface area contributed by atoms with Gasteiger partial charge in [-0.05, 0) is 62.5 Å². The molecule has 1 aromatic heterocycles. The van der Waals surface area contributed by atoms with Crippen molar-refractivity contribution in [2.24, 2.45) is 7.05 Å². The van der Waals surface area contributed by atoms with E-state index in [0.29, 0.717) is 0 Å². The van der Waals surface area contributed by atoms with Crippen LogP contribution in [0.1, 0.15) is 61.0 Å². The summed E-state index contributed by atoms with van der Waals surface area (Å²) in [6.07, 6.45) is 13.9. The molecule has 0 aliphatic heterocycles. The third-order valence-corrected chi connectivity index (χ3v) is 4.55. The fraction of sp³-hybridized carbons (Fsp3) is 0.733. The SMILES string of the molecule is Cn1c2c(c3c1CCCCC3)CCCCC2. The van der Waals surface area contributed by atoms with Gasteiger partial charge in [-0.3, -0.25) is 0 Å². The van der Waals surface area contributed by atoms with Crippen LogP contribution in [0.3, 0.4) is 0 Å². The summed E-state index contributed by atoms with van der Waals surface area (Å²) in [7, 11) is 2.31. The van der Waals surface area contributed by atoms with Gasteiger partial charge in [0.05, 0.1) is 0 Å². The van der Waals surface area contributed by atoms with Gasteiger partial charge >= 0.3 is 0 Å². The van der Waals surface area contributed by atoms with Gasteiger partial charge in [0.2, 0.25) is 0 Å². The molecular weight excluding hydrogens is 194 g/mol. The number of hydrogen-bond acceptors (Lipinski definition) is 0. The largest absolute Gasteiger partial charge is 0.351 e. The minimum atomic E-state index is 1.33. The Bertz CT molecular complexity index is 351. The van der Waals surface area contributed by atoms with E-state index in [1.165, 1.54) is 64.2 Å². The van der Waals surface area contributed by atoms with Gasteiger partial charge < -0.3 is 4.57 Å². The summed E-state index contributed by atoms with van der Waals surface area (Å²) in [5.41, 5.74) is 6.89. The second-order valence-corrected chi connectivity index (χ2v) is 5.53.